The second-order valence-corrected chi connectivity index (χ2v) is 6.49. The van der Waals surface area contributed by atoms with E-state index in [-0.39, 0.29) is 12.4 Å². The van der Waals surface area contributed by atoms with Gasteiger partial charge in [0.15, 0.2) is 15.5 Å². The minimum absolute atomic E-state index is 0.149. The molecule has 0 unspecified atom stereocenters. The third kappa shape index (κ3) is 3.46. The zero-order chi connectivity index (χ0) is 17.9. The van der Waals surface area contributed by atoms with Gasteiger partial charge in [0, 0.05) is 12.0 Å². The highest BCUT2D eigenvalue weighted by Gasteiger charge is 2.20. The van der Waals surface area contributed by atoms with Gasteiger partial charge in [-0.05, 0) is 18.3 Å². The molecular weight excluding hydrogens is 354 g/mol. The summed E-state index contributed by atoms with van der Waals surface area (Å²) in [7, 11) is 4.55. The summed E-state index contributed by atoms with van der Waals surface area (Å²) in [5, 5.41) is 19.2. The van der Waals surface area contributed by atoms with Crippen LogP contribution in [0.5, 0.6) is 23.1 Å². The molecule has 0 radical (unpaired) electrons. The summed E-state index contributed by atoms with van der Waals surface area (Å²) in [5.74, 6) is 0.239. The molecule has 0 aliphatic heterocycles. The molecule has 24 heavy (non-hydrogen) atoms. The SMILES string of the molecule is COc1ccc(Cc2sc(=S)n(CC(=O)O)c2O)c(OC)c1OC. The molecule has 0 fully saturated rings. The Hall–Kier alpha value is -2.26. The van der Waals surface area contributed by atoms with Crippen LogP contribution in [0.1, 0.15) is 10.4 Å². The lowest BCUT2D eigenvalue weighted by molar-refractivity contribution is -0.137. The van der Waals surface area contributed by atoms with Crippen molar-refractivity contribution in [3.63, 3.8) is 0 Å². The molecule has 0 atom stereocenters. The van der Waals surface area contributed by atoms with Crippen LogP contribution in [-0.4, -0.2) is 42.1 Å². The number of hydrogen-bond donors (Lipinski definition) is 2. The number of benzene rings is 1. The van der Waals surface area contributed by atoms with Crippen LogP contribution >= 0.6 is 23.6 Å². The van der Waals surface area contributed by atoms with Crippen LogP contribution in [0, 0.1) is 3.95 Å². The number of carboxylic acid groups (broad SMARTS) is 1. The van der Waals surface area contributed by atoms with Crippen LogP contribution in [0.25, 0.3) is 0 Å². The predicted octanol–water partition coefficient (Wildman–Crippen LogP) is 2.69. The topological polar surface area (TPSA) is 90.2 Å². The Morgan fingerprint density at radius 1 is 1.21 bits per heavy atom. The molecule has 0 aliphatic rings. The number of aromatic nitrogens is 1. The van der Waals surface area contributed by atoms with Crippen LogP contribution in [0.15, 0.2) is 12.1 Å². The smallest absolute Gasteiger partial charge is 0.323 e. The molecular formula is C15H17NO6S2. The summed E-state index contributed by atoms with van der Waals surface area (Å²) >= 11 is 6.28. The molecule has 1 heterocycles. The molecule has 0 aliphatic carbocycles. The summed E-state index contributed by atoms with van der Waals surface area (Å²) in [6.45, 7) is -0.385. The maximum atomic E-state index is 10.9. The van der Waals surface area contributed by atoms with E-state index in [4.69, 9.17) is 31.5 Å². The summed E-state index contributed by atoms with van der Waals surface area (Å²) in [5.41, 5.74) is 0.754. The molecule has 130 valence electrons. The molecule has 0 saturated heterocycles. The maximum absolute atomic E-state index is 10.9. The van der Waals surface area contributed by atoms with Gasteiger partial charge in [-0.3, -0.25) is 9.36 Å². The molecule has 9 heteroatoms. The third-order valence-corrected chi connectivity index (χ3v) is 4.80. The molecule has 2 N–H and O–H groups in total. The van der Waals surface area contributed by atoms with Gasteiger partial charge < -0.3 is 24.4 Å². The van der Waals surface area contributed by atoms with Crippen molar-refractivity contribution in [2.75, 3.05) is 21.3 Å². The standard InChI is InChI=1S/C15H17NO6S2/c1-20-9-5-4-8(12(21-2)13(9)22-3)6-10-14(19)16(7-11(17)18)15(23)24-10/h4-5,19H,6-7H2,1-3H3,(H,17,18). The van der Waals surface area contributed by atoms with Gasteiger partial charge in [0.2, 0.25) is 11.6 Å². The number of carboxylic acids is 1. The first-order chi connectivity index (χ1) is 11.4. The number of carbonyl (C=O) groups is 1. The van der Waals surface area contributed by atoms with Crippen molar-refractivity contribution in [1.29, 1.82) is 0 Å². The number of aromatic hydroxyl groups is 1. The lowest BCUT2D eigenvalue weighted by Gasteiger charge is -2.15. The van der Waals surface area contributed by atoms with E-state index < -0.39 is 5.97 Å². The number of hydrogen-bond acceptors (Lipinski definition) is 7. The fourth-order valence-electron chi connectivity index (χ4n) is 2.31. The number of nitrogens with zero attached hydrogens (tertiary/aromatic N) is 1. The lowest BCUT2D eigenvalue weighted by Crippen LogP contribution is -2.08. The molecule has 0 spiro atoms. The van der Waals surface area contributed by atoms with Crippen LogP contribution in [0.2, 0.25) is 0 Å². The van der Waals surface area contributed by atoms with Gasteiger partial charge in [0.1, 0.15) is 6.54 Å². The number of aliphatic carboxylic acids is 1. The van der Waals surface area contributed by atoms with Gasteiger partial charge in [0.05, 0.1) is 26.2 Å². The second-order valence-electron chi connectivity index (χ2n) is 4.76. The van der Waals surface area contributed by atoms with Gasteiger partial charge in [-0.1, -0.05) is 6.07 Å². The molecule has 0 amide bonds. The number of methoxy groups -OCH3 is 3. The first kappa shape index (κ1) is 18.1. The van der Waals surface area contributed by atoms with Gasteiger partial charge in [-0.2, -0.15) is 0 Å². The van der Waals surface area contributed by atoms with Crippen molar-refractivity contribution in [3.05, 3.63) is 26.5 Å². The van der Waals surface area contributed by atoms with Gasteiger partial charge in [-0.15, -0.1) is 11.3 Å². The van der Waals surface area contributed by atoms with Crippen LogP contribution in [0.4, 0.5) is 0 Å². The number of thiazole rings is 1. The summed E-state index contributed by atoms with van der Waals surface area (Å²) in [6, 6.07) is 3.53. The monoisotopic (exact) mass is 371 g/mol. The normalized spacial score (nSPS) is 10.5. The van der Waals surface area contributed by atoms with Crippen molar-refractivity contribution < 1.29 is 29.2 Å². The van der Waals surface area contributed by atoms with E-state index in [1.807, 2.05) is 0 Å². The summed E-state index contributed by atoms with van der Waals surface area (Å²) in [4.78, 5) is 11.4. The minimum atomic E-state index is -1.07. The Bertz CT molecular complexity index is 811. The minimum Gasteiger partial charge on any atom is -0.494 e. The Morgan fingerprint density at radius 3 is 2.42 bits per heavy atom. The summed E-state index contributed by atoms with van der Waals surface area (Å²) < 4.78 is 17.5. The van der Waals surface area contributed by atoms with Gasteiger partial charge >= 0.3 is 5.97 Å². The van der Waals surface area contributed by atoms with E-state index in [9.17, 15) is 9.90 Å². The van der Waals surface area contributed by atoms with E-state index in [0.717, 1.165) is 16.9 Å². The van der Waals surface area contributed by atoms with E-state index >= 15 is 0 Å². The molecule has 7 nitrogen and oxygen atoms in total. The van der Waals surface area contributed by atoms with Crippen LogP contribution in [0.3, 0.4) is 0 Å². The van der Waals surface area contributed by atoms with Gasteiger partial charge in [0.25, 0.3) is 0 Å². The average Bonchev–Trinajstić information content (AvgIpc) is 2.81. The van der Waals surface area contributed by atoms with Crippen molar-refractivity contribution in [3.8, 4) is 23.1 Å². The molecule has 0 saturated carbocycles. The predicted molar refractivity (Wildman–Crippen MR) is 91.3 cm³/mol. The average molecular weight is 371 g/mol. The van der Waals surface area contributed by atoms with E-state index in [1.54, 1.807) is 12.1 Å². The van der Waals surface area contributed by atoms with Crippen molar-refractivity contribution >= 4 is 29.5 Å². The Labute approximate surface area is 147 Å². The zero-order valence-corrected chi connectivity index (χ0v) is 15.0. The quantitative estimate of drug-likeness (QED) is 0.723. The highest BCUT2D eigenvalue weighted by Crippen LogP contribution is 2.41. The molecule has 1 aromatic carbocycles. The third-order valence-electron chi connectivity index (χ3n) is 3.37. The first-order valence-electron chi connectivity index (χ1n) is 6.84. The largest absolute Gasteiger partial charge is 0.494 e. The molecule has 0 bridgehead atoms. The van der Waals surface area contributed by atoms with Crippen molar-refractivity contribution in [2.45, 2.75) is 13.0 Å². The van der Waals surface area contributed by atoms with Crippen LogP contribution < -0.4 is 14.2 Å². The fourth-order valence-corrected chi connectivity index (χ4v) is 3.66. The van der Waals surface area contributed by atoms with Crippen LogP contribution in [-0.2, 0) is 17.8 Å². The zero-order valence-electron chi connectivity index (χ0n) is 13.4. The van der Waals surface area contributed by atoms with Crippen molar-refractivity contribution in [2.24, 2.45) is 0 Å². The molecule has 1 aromatic heterocycles. The molecule has 2 aromatic rings. The van der Waals surface area contributed by atoms with E-state index in [2.05, 4.69) is 0 Å². The van der Waals surface area contributed by atoms with E-state index in [1.165, 1.54) is 25.9 Å². The maximum Gasteiger partial charge on any atom is 0.323 e. The number of rotatable bonds is 7. The fraction of sp³-hybridized carbons (Fsp3) is 0.333. The number of ether oxygens (including phenoxy) is 3. The second kappa shape index (κ2) is 7.54. The van der Waals surface area contributed by atoms with E-state index in [0.29, 0.717) is 32.5 Å². The Morgan fingerprint density at radius 2 is 1.88 bits per heavy atom. The highest BCUT2D eigenvalue weighted by molar-refractivity contribution is 7.73. The molecule has 2 rings (SSSR count). The highest BCUT2D eigenvalue weighted by atomic mass is 32.1. The first-order valence-corrected chi connectivity index (χ1v) is 8.06. The lowest BCUT2D eigenvalue weighted by atomic mass is 10.1. The Balaban J connectivity index is 2.45. The Kier molecular flexibility index (Phi) is 5.68. The van der Waals surface area contributed by atoms with Crippen molar-refractivity contribution in [1.82, 2.24) is 4.57 Å². The summed E-state index contributed by atoms with van der Waals surface area (Å²) in [6.07, 6.45) is 0.316. The van der Waals surface area contributed by atoms with Gasteiger partial charge in [-0.25, -0.2) is 0 Å².